The normalized spacial score (nSPS) is 18.8. The summed E-state index contributed by atoms with van der Waals surface area (Å²) in [6, 6.07) is 7.21. The molecular formula is C16H27N3O. The maximum absolute atomic E-state index is 6.01. The van der Waals surface area contributed by atoms with Gasteiger partial charge in [0.05, 0.1) is 0 Å². The van der Waals surface area contributed by atoms with Gasteiger partial charge >= 0.3 is 0 Å². The van der Waals surface area contributed by atoms with Crippen LogP contribution in [0.2, 0.25) is 0 Å². The first kappa shape index (κ1) is 15.4. The molecule has 4 nitrogen and oxygen atoms in total. The van der Waals surface area contributed by atoms with E-state index in [2.05, 4.69) is 42.1 Å². The second-order valence-corrected chi connectivity index (χ2v) is 5.84. The van der Waals surface area contributed by atoms with E-state index in [0.29, 0.717) is 12.6 Å². The first-order valence-electron chi connectivity index (χ1n) is 7.35. The minimum absolute atomic E-state index is 0.365. The Morgan fingerprint density at radius 2 is 2.20 bits per heavy atom. The van der Waals surface area contributed by atoms with Crippen molar-refractivity contribution in [1.29, 1.82) is 0 Å². The molecule has 0 saturated heterocycles. The van der Waals surface area contributed by atoms with Gasteiger partial charge in [-0.25, -0.2) is 0 Å². The Morgan fingerprint density at radius 3 is 2.85 bits per heavy atom. The van der Waals surface area contributed by atoms with Gasteiger partial charge in [0.2, 0.25) is 0 Å². The molecule has 0 bridgehead atoms. The lowest BCUT2D eigenvalue weighted by atomic mass is 10.0. The lowest BCUT2D eigenvalue weighted by molar-refractivity contribution is 0.156. The van der Waals surface area contributed by atoms with Crippen LogP contribution < -0.4 is 5.73 Å². The van der Waals surface area contributed by atoms with E-state index in [1.807, 2.05) is 0 Å². The molecule has 0 aromatic heterocycles. The monoisotopic (exact) mass is 277 g/mol. The second kappa shape index (κ2) is 7.18. The van der Waals surface area contributed by atoms with Gasteiger partial charge in [0.1, 0.15) is 0 Å². The highest BCUT2D eigenvalue weighted by Crippen LogP contribution is 2.33. The third kappa shape index (κ3) is 3.58. The third-order valence-corrected chi connectivity index (χ3v) is 3.90. The molecule has 0 fully saturated rings. The fourth-order valence-electron chi connectivity index (χ4n) is 3.01. The first-order valence-corrected chi connectivity index (χ1v) is 7.35. The van der Waals surface area contributed by atoms with E-state index in [-0.39, 0.29) is 0 Å². The fraction of sp³-hybridized carbons (Fsp3) is 0.625. The van der Waals surface area contributed by atoms with Crippen LogP contribution in [0.1, 0.15) is 29.2 Å². The van der Waals surface area contributed by atoms with E-state index in [9.17, 15) is 0 Å². The molecule has 1 aliphatic rings. The maximum atomic E-state index is 6.01. The summed E-state index contributed by atoms with van der Waals surface area (Å²) in [7, 11) is 5.96. The van der Waals surface area contributed by atoms with E-state index < -0.39 is 0 Å². The van der Waals surface area contributed by atoms with Gasteiger partial charge in [-0.15, -0.1) is 0 Å². The number of nitrogens with zero attached hydrogens (tertiary/aromatic N) is 2. The number of methoxy groups -OCH3 is 1. The van der Waals surface area contributed by atoms with Crippen LogP contribution in [-0.2, 0) is 17.8 Å². The third-order valence-electron chi connectivity index (χ3n) is 3.90. The fourth-order valence-corrected chi connectivity index (χ4v) is 3.01. The number of fused-ring (bicyclic) bond motifs is 1. The largest absolute Gasteiger partial charge is 0.385 e. The topological polar surface area (TPSA) is 41.7 Å². The van der Waals surface area contributed by atoms with Gasteiger partial charge < -0.3 is 15.4 Å². The molecular weight excluding hydrogens is 250 g/mol. The van der Waals surface area contributed by atoms with Crippen LogP contribution in [0, 0.1) is 0 Å². The maximum Gasteiger partial charge on any atom is 0.0477 e. The summed E-state index contributed by atoms with van der Waals surface area (Å²) in [5.41, 5.74) is 10.2. The number of ether oxygens (including phenoxy) is 1. The summed E-state index contributed by atoms with van der Waals surface area (Å²) in [4.78, 5) is 4.67. The van der Waals surface area contributed by atoms with Crippen molar-refractivity contribution in [1.82, 2.24) is 9.80 Å². The summed E-state index contributed by atoms with van der Waals surface area (Å²) in [5.74, 6) is 0. The lowest BCUT2D eigenvalue weighted by Crippen LogP contribution is -2.29. The van der Waals surface area contributed by atoms with Gasteiger partial charge in [0.25, 0.3) is 0 Å². The number of benzene rings is 1. The van der Waals surface area contributed by atoms with Crippen molar-refractivity contribution in [3.05, 3.63) is 34.9 Å². The predicted molar refractivity (Wildman–Crippen MR) is 82.5 cm³/mol. The van der Waals surface area contributed by atoms with Gasteiger partial charge in [0, 0.05) is 45.9 Å². The van der Waals surface area contributed by atoms with Gasteiger partial charge in [-0.1, -0.05) is 18.2 Å². The average molecular weight is 277 g/mol. The molecule has 2 rings (SSSR count). The van der Waals surface area contributed by atoms with Crippen LogP contribution >= 0.6 is 0 Å². The molecule has 0 amide bonds. The van der Waals surface area contributed by atoms with Crippen LogP contribution in [0.3, 0.4) is 0 Å². The van der Waals surface area contributed by atoms with Crippen molar-refractivity contribution >= 4 is 0 Å². The van der Waals surface area contributed by atoms with Gasteiger partial charge in [0.15, 0.2) is 0 Å². The van der Waals surface area contributed by atoms with Crippen molar-refractivity contribution in [3.63, 3.8) is 0 Å². The summed E-state index contributed by atoms with van der Waals surface area (Å²) in [6.07, 6.45) is 1.06. The zero-order valence-electron chi connectivity index (χ0n) is 12.9. The van der Waals surface area contributed by atoms with Crippen LogP contribution in [0.4, 0.5) is 0 Å². The Balaban J connectivity index is 2.10. The van der Waals surface area contributed by atoms with E-state index in [1.54, 1.807) is 7.11 Å². The molecule has 112 valence electrons. The number of rotatable bonds is 7. The minimum atomic E-state index is 0.365. The van der Waals surface area contributed by atoms with Crippen molar-refractivity contribution in [3.8, 4) is 0 Å². The van der Waals surface area contributed by atoms with Crippen LogP contribution in [0.25, 0.3) is 0 Å². The van der Waals surface area contributed by atoms with Gasteiger partial charge in [-0.2, -0.15) is 0 Å². The molecule has 1 aliphatic heterocycles. The molecule has 0 aliphatic carbocycles. The molecule has 1 unspecified atom stereocenters. The SMILES string of the molecule is COCCCN1Cc2ccc(CN(C)C)cc2C1CN. The predicted octanol–water partition coefficient (Wildman–Crippen LogP) is 1.60. The zero-order chi connectivity index (χ0) is 14.5. The number of hydrogen-bond donors (Lipinski definition) is 1. The summed E-state index contributed by atoms with van der Waals surface area (Å²) < 4.78 is 5.15. The molecule has 0 radical (unpaired) electrons. The standard InChI is InChI=1S/C16H27N3O/c1-18(2)11-13-5-6-14-12-19(7-4-8-20-3)16(10-17)15(14)9-13/h5-6,9,16H,4,7-8,10-12,17H2,1-3H3. The smallest absolute Gasteiger partial charge is 0.0477 e. The number of hydrogen-bond acceptors (Lipinski definition) is 4. The van der Waals surface area contributed by atoms with Crippen molar-refractivity contribution in [2.75, 3.05) is 40.9 Å². The highest BCUT2D eigenvalue weighted by molar-refractivity contribution is 5.38. The Morgan fingerprint density at radius 1 is 1.40 bits per heavy atom. The zero-order valence-corrected chi connectivity index (χ0v) is 12.9. The molecule has 1 atom stereocenters. The van der Waals surface area contributed by atoms with Crippen molar-refractivity contribution < 1.29 is 4.74 Å². The van der Waals surface area contributed by atoms with Crippen LogP contribution in [0.5, 0.6) is 0 Å². The Bertz CT molecular complexity index is 434. The summed E-state index contributed by atoms with van der Waals surface area (Å²) >= 11 is 0. The quantitative estimate of drug-likeness (QED) is 0.769. The molecule has 1 aromatic rings. The van der Waals surface area contributed by atoms with Gasteiger partial charge in [-0.05, 0) is 37.2 Å². The molecule has 4 heteroatoms. The van der Waals surface area contributed by atoms with Crippen LogP contribution in [0.15, 0.2) is 18.2 Å². The van der Waals surface area contributed by atoms with E-state index in [1.165, 1.54) is 16.7 Å². The average Bonchev–Trinajstić information content (AvgIpc) is 2.75. The van der Waals surface area contributed by atoms with Crippen molar-refractivity contribution in [2.45, 2.75) is 25.6 Å². The molecule has 1 heterocycles. The highest BCUT2D eigenvalue weighted by Gasteiger charge is 2.28. The molecule has 0 saturated carbocycles. The Kier molecular flexibility index (Phi) is 5.54. The molecule has 2 N–H and O–H groups in total. The summed E-state index contributed by atoms with van der Waals surface area (Å²) in [5, 5.41) is 0. The van der Waals surface area contributed by atoms with Gasteiger partial charge in [-0.3, -0.25) is 4.90 Å². The molecule has 0 spiro atoms. The van der Waals surface area contributed by atoms with E-state index in [0.717, 1.165) is 32.7 Å². The van der Waals surface area contributed by atoms with E-state index in [4.69, 9.17) is 10.5 Å². The Hall–Kier alpha value is -0.940. The lowest BCUT2D eigenvalue weighted by Gasteiger charge is -2.23. The Labute approximate surface area is 122 Å². The van der Waals surface area contributed by atoms with E-state index >= 15 is 0 Å². The second-order valence-electron chi connectivity index (χ2n) is 5.84. The van der Waals surface area contributed by atoms with Crippen LogP contribution in [-0.4, -0.2) is 50.7 Å². The molecule has 20 heavy (non-hydrogen) atoms. The summed E-state index contributed by atoms with van der Waals surface area (Å²) in [6.45, 7) is 4.55. The molecule has 1 aromatic carbocycles. The van der Waals surface area contributed by atoms with Crippen molar-refractivity contribution in [2.24, 2.45) is 5.73 Å². The minimum Gasteiger partial charge on any atom is -0.385 e. The highest BCUT2D eigenvalue weighted by atomic mass is 16.5. The first-order chi connectivity index (χ1) is 9.65. The number of nitrogens with two attached hydrogens (primary N) is 1.